The molecular formula is C19H24O3. The first kappa shape index (κ1) is 14.3. The summed E-state index contributed by atoms with van der Waals surface area (Å²) in [6.45, 7) is 4.34. The molecule has 0 aromatic heterocycles. The van der Waals surface area contributed by atoms with Gasteiger partial charge in [-0.05, 0) is 48.0 Å². The quantitative estimate of drug-likeness (QED) is 0.690. The van der Waals surface area contributed by atoms with Crippen molar-refractivity contribution in [3.05, 3.63) is 11.6 Å². The first-order valence-corrected chi connectivity index (χ1v) is 8.62. The lowest BCUT2D eigenvalue weighted by Gasteiger charge is -2.55. The van der Waals surface area contributed by atoms with Crippen molar-refractivity contribution in [1.29, 1.82) is 0 Å². The molecule has 0 aromatic rings. The summed E-state index contributed by atoms with van der Waals surface area (Å²) in [7, 11) is 0. The van der Waals surface area contributed by atoms with Crippen molar-refractivity contribution in [2.24, 2.45) is 28.6 Å². The Morgan fingerprint density at radius 3 is 2.64 bits per heavy atom. The number of carbonyl (C=O) groups is 3. The highest BCUT2D eigenvalue weighted by Gasteiger charge is 2.60. The second-order valence-electron chi connectivity index (χ2n) is 8.56. The van der Waals surface area contributed by atoms with Gasteiger partial charge in [0.15, 0.2) is 5.78 Å². The van der Waals surface area contributed by atoms with Crippen LogP contribution in [0.5, 0.6) is 0 Å². The summed E-state index contributed by atoms with van der Waals surface area (Å²) < 4.78 is 0. The standard InChI is InChI=1S/C19H24O3/c1-18-9-13(21)8-15(18)14-4-3-11-7-12(20)5-6-19(11,2)17(14)16(22)10-18/h7,14-15,17H,3-6,8-10H2,1-2H3/t14-,15-,17+,18-,19-/m0/s1. The Morgan fingerprint density at radius 2 is 1.86 bits per heavy atom. The van der Waals surface area contributed by atoms with Crippen molar-refractivity contribution in [2.75, 3.05) is 0 Å². The van der Waals surface area contributed by atoms with Crippen molar-refractivity contribution < 1.29 is 14.4 Å². The van der Waals surface area contributed by atoms with E-state index in [9.17, 15) is 14.4 Å². The first-order valence-electron chi connectivity index (χ1n) is 8.62. The molecule has 0 spiro atoms. The molecule has 0 heterocycles. The number of fused-ring (bicyclic) bond motifs is 5. The minimum Gasteiger partial charge on any atom is -0.300 e. The first-order chi connectivity index (χ1) is 10.3. The topological polar surface area (TPSA) is 51.2 Å². The van der Waals surface area contributed by atoms with Crippen LogP contribution >= 0.6 is 0 Å². The maximum atomic E-state index is 13.0. The monoisotopic (exact) mass is 300 g/mol. The molecule has 0 bridgehead atoms. The summed E-state index contributed by atoms with van der Waals surface area (Å²) in [4.78, 5) is 36.8. The van der Waals surface area contributed by atoms with E-state index in [0.717, 1.165) is 19.3 Å². The number of allylic oxidation sites excluding steroid dienone is 1. The van der Waals surface area contributed by atoms with Crippen molar-refractivity contribution in [3.8, 4) is 0 Å². The summed E-state index contributed by atoms with van der Waals surface area (Å²) in [5.41, 5.74) is 0.962. The lowest BCUT2D eigenvalue weighted by atomic mass is 9.47. The van der Waals surface area contributed by atoms with Crippen LogP contribution in [0.1, 0.15) is 58.8 Å². The fourth-order valence-electron chi connectivity index (χ4n) is 6.19. The zero-order valence-corrected chi connectivity index (χ0v) is 13.5. The summed E-state index contributed by atoms with van der Waals surface area (Å²) >= 11 is 0. The number of rotatable bonds is 0. The van der Waals surface area contributed by atoms with Gasteiger partial charge in [0.1, 0.15) is 11.6 Å². The van der Waals surface area contributed by atoms with Crippen molar-refractivity contribution >= 4 is 17.3 Å². The largest absolute Gasteiger partial charge is 0.300 e. The molecule has 0 unspecified atom stereocenters. The Bertz CT molecular complexity index is 616. The molecule has 118 valence electrons. The van der Waals surface area contributed by atoms with Crippen molar-refractivity contribution in [1.82, 2.24) is 0 Å². The highest BCUT2D eigenvalue weighted by molar-refractivity contribution is 5.93. The number of hydrogen-bond acceptors (Lipinski definition) is 3. The van der Waals surface area contributed by atoms with Crippen LogP contribution in [0.3, 0.4) is 0 Å². The van der Waals surface area contributed by atoms with Crippen LogP contribution < -0.4 is 0 Å². The molecule has 4 aliphatic carbocycles. The van der Waals surface area contributed by atoms with Gasteiger partial charge in [-0.25, -0.2) is 0 Å². The fourth-order valence-corrected chi connectivity index (χ4v) is 6.19. The van der Waals surface area contributed by atoms with Gasteiger partial charge in [0, 0.05) is 31.6 Å². The Labute approximate surface area is 131 Å². The van der Waals surface area contributed by atoms with E-state index in [1.54, 1.807) is 0 Å². The van der Waals surface area contributed by atoms with Gasteiger partial charge in [-0.15, -0.1) is 0 Å². The third-order valence-electron chi connectivity index (χ3n) is 7.21. The SMILES string of the molecule is C[C@@]12CC(=O)C[C@H]1[C@@H]1CCC3=CC(=O)CC[C@]3(C)[C@H]1C(=O)C2. The van der Waals surface area contributed by atoms with Crippen LogP contribution in [0.25, 0.3) is 0 Å². The van der Waals surface area contributed by atoms with E-state index in [0.29, 0.717) is 49.1 Å². The normalized spacial score (nSPS) is 47.6. The minimum atomic E-state index is -0.138. The lowest BCUT2D eigenvalue weighted by Crippen LogP contribution is -2.53. The number of Topliss-reactive ketones (excluding diaryl/α,β-unsaturated/α-hetero) is 2. The molecular weight excluding hydrogens is 276 g/mol. The number of carbonyl (C=O) groups excluding carboxylic acids is 3. The van der Waals surface area contributed by atoms with Gasteiger partial charge >= 0.3 is 0 Å². The minimum absolute atomic E-state index is 0.0320. The van der Waals surface area contributed by atoms with Gasteiger partial charge in [-0.1, -0.05) is 19.4 Å². The van der Waals surface area contributed by atoms with Crippen LogP contribution in [0.15, 0.2) is 11.6 Å². The van der Waals surface area contributed by atoms with E-state index in [1.165, 1.54) is 5.57 Å². The zero-order valence-electron chi connectivity index (χ0n) is 13.5. The second kappa shape index (κ2) is 4.39. The summed E-state index contributed by atoms with van der Waals surface area (Å²) in [5.74, 6) is 1.65. The molecule has 0 aromatic carbocycles. The Hall–Kier alpha value is -1.25. The summed E-state index contributed by atoms with van der Waals surface area (Å²) in [6, 6.07) is 0. The van der Waals surface area contributed by atoms with E-state index in [4.69, 9.17) is 0 Å². The van der Waals surface area contributed by atoms with Crippen LogP contribution in [-0.4, -0.2) is 17.3 Å². The maximum Gasteiger partial charge on any atom is 0.155 e. The predicted octanol–water partition coefficient (Wildman–Crippen LogP) is 3.27. The van der Waals surface area contributed by atoms with Gasteiger partial charge in [-0.2, -0.15) is 0 Å². The number of hydrogen-bond donors (Lipinski definition) is 0. The second-order valence-corrected chi connectivity index (χ2v) is 8.56. The molecule has 4 aliphatic rings. The Kier molecular flexibility index (Phi) is 2.87. The highest BCUT2D eigenvalue weighted by atomic mass is 16.1. The molecule has 5 atom stereocenters. The lowest BCUT2D eigenvalue weighted by molar-refractivity contribution is -0.144. The molecule has 0 radical (unpaired) electrons. The molecule has 4 rings (SSSR count). The molecule has 0 N–H and O–H groups in total. The zero-order chi connectivity index (χ0) is 15.7. The smallest absolute Gasteiger partial charge is 0.155 e. The third-order valence-corrected chi connectivity index (χ3v) is 7.21. The predicted molar refractivity (Wildman–Crippen MR) is 82.1 cm³/mol. The number of ketones is 3. The van der Waals surface area contributed by atoms with Crippen LogP contribution in [-0.2, 0) is 14.4 Å². The van der Waals surface area contributed by atoms with E-state index in [1.807, 2.05) is 6.08 Å². The van der Waals surface area contributed by atoms with Crippen LogP contribution in [0.2, 0.25) is 0 Å². The van der Waals surface area contributed by atoms with Gasteiger partial charge in [0.05, 0.1) is 0 Å². The van der Waals surface area contributed by atoms with Gasteiger partial charge in [0.2, 0.25) is 0 Å². The fraction of sp³-hybridized carbons (Fsp3) is 0.737. The average Bonchev–Trinajstić information content (AvgIpc) is 2.73. The Balaban J connectivity index is 1.76. The van der Waals surface area contributed by atoms with Crippen molar-refractivity contribution in [3.63, 3.8) is 0 Å². The molecule has 3 fully saturated rings. The Morgan fingerprint density at radius 1 is 1.09 bits per heavy atom. The third kappa shape index (κ3) is 1.77. The van der Waals surface area contributed by atoms with Gasteiger partial charge in [0.25, 0.3) is 0 Å². The molecule has 0 amide bonds. The molecule has 0 aliphatic heterocycles. The molecule has 3 nitrogen and oxygen atoms in total. The molecule has 3 saturated carbocycles. The molecule has 22 heavy (non-hydrogen) atoms. The van der Waals surface area contributed by atoms with E-state index >= 15 is 0 Å². The molecule has 3 heteroatoms. The highest BCUT2D eigenvalue weighted by Crippen LogP contribution is 2.63. The van der Waals surface area contributed by atoms with E-state index < -0.39 is 0 Å². The summed E-state index contributed by atoms with van der Waals surface area (Å²) in [5, 5.41) is 0. The van der Waals surface area contributed by atoms with E-state index in [-0.39, 0.29) is 22.5 Å². The average molecular weight is 300 g/mol. The summed E-state index contributed by atoms with van der Waals surface area (Å²) in [6.07, 6.45) is 6.90. The van der Waals surface area contributed by atoms with E-state index in [2.05, 4.69) is 13.8 Å². The van der Waals surface area contributed by atoms with Crippen LogP contribution in [0.4, 0.5) is 0 Å². The molecule has 0 saturated heterocycles. The maximum absolute atomic E-state index is 13.0. The van der Waals surface area contributed by atoms with Gasteiger partial charge < -0.3 is 0 Å². The van der Waals surface area contributed by atoms with Crippen molar-refractivity contribution in [2.45, 2.75) is 58.8 Å². The van der Waals surface area contributed by atoms with Gasteiger partial charge in [-0.3, -0.25) is 14.4 Å². The van der Waals surface area contributed by atoms with Crippen LogP contribution in [0, 0.1) is 28.6 Å².